The van der Waals surface area contributed by atoms with Gasteiger partial charge in [0.15, 0.2) is 11.6 Å². The van der Waals surface area contributed by atoms with E-state index < -0.39 is 17.8 Å². The van der Waals surface area contributed by atoms with Gasteiger partial charge < -0.3 is 19.9 Å². The van der Waals surface area contributed by atoms with Crippen LogP contribution < -0.4 is 10.1 Å². The first-order valence-electron chi connectivity index (χ1n) is 13.7. The second-order valence-electron chi connectivity index (χ2n) is 10.6. The molecular formula is C29H38FN3O4. The molecule has 37 heavy (non-hydrogen) atoms. The first-order chi connectivity index (χ1) is 18.0. The Labute approximate surface area is 218 Å². The van der Waals surface area contributed by atoms with Crippen molar-refractivity contribution in [3.63, 3.8) is 0 Å². The molecule has 1 saturated heterocycles. The predicted molar refractivity (Wildman–Crippen MR) is 140 cm³/mol. The highest BCUT2D eigenvalue weighted by Gasteiger charge is 2.37. The summed E-state index contributed by atoms with van der Waals surface area (Å²) in [7, 11) is 1.39. The normalized spacial score (nSPS) is 20.3. The Hall–Kier alpha value is -2.71. The van der Waals surface area contributed by atoms with Gasteiger partial charge in [0, 0.05) is 37.5 Å². The van der Waals surface area contributed by atoms with E-state index >= 15 is 0 Å². The SMILES string of the molecule is COc1c(F)cc(C2CC2)cc1[C@@H](C(=O)O)N1CC[C@@H](OCCCCCc2ccc3c(n2)NCCC3)C1. The Morgan fingerprint density at radius 2 is 2.11 bits per heavy atom. The minimum absolute atomic E-state index is 0.0160. The molecule has 200 valence electrons. The lowest BCUT2D eigenvalue weighted by atomic mass is 9.99. The van der Waals surface area contributed by atoms with Crippen molar-refractivity contribution in [2.24, 2.45) is 0 Å². The third kappa shape index (κ3) is 6.24. The lowest BCUT2D eigenvalue weighted by molar-refractivity contribution is -0.143. The molecule has 1 aliphatic carbocycles. The van der Waals surface area contributed by atoms with Crippen molar-refractivity contribution in [1.82, 2.24) is 9.88 Å². The number of hydrogen-bond donors (Lipinski definition) is 2. The summed E-state index contributed by atoms with van der Waals surface area (Å²) in [5.74, 6) is -0.0650. The quantitative estimate of drug-likeness (QED) is 0.384. The number of anilines is 1. The maximum Gasteiger partial charge on any atom is 0.325 e. The second kappa shape index (κ2) is 11.8. The Kier molecular flexibility index (Phi) is 8.25. The highest BCUT2D eigenvalue weighted by molar-refractivity contribution is 5.77. The fourth-order valence-electron chi connectivity index (χ4n) is 5.66. The first kappa shape index (κ1) is 25.9. The number of nitrogens with zero attached hydrogens (tertiary/aromatic N) is 2. The van der Waals surface area contributed by atoms with Crippen LogP contribution in [0.25, 0.3) is 0 Å². The Morgan fingerprint density at radius 1 is 1.24 bits per heavy atom. The maximum atomic E-state index is 14.8. The van der Waals surface area contributed by atoms with E-state index in [9.17, 15) is 14.3 Å². The van der Waals surface area contributed by atoms with E-state index in [1.807, 2.05) is 11.0 Å². The van der Waals surface area contributed by atoms with Crippen LogP contribution in [0.1, 0.15) is 79.3 Å². The first-order valence-corrected chi connectivity index (χ1v) is 13.7. The molecule has 7 nitrogen and oxygen atoms in total. The molecule has 2 atom stereocenters. The maximum absolute atomic E-state index is 14.8. The number of unbranched alkanes of at least 4 members (excludes halogenated alkanes) is 2. The Bertz CT molecular complexity index is 1110. The number of pyridine rings is 1. The van der Waals surface area contributed by atoms with Crippen LogP contribution in [0.4, 0.5) is 10.2 Å². The lowest BCUT2D eigenvalue weighted by Gasteiger charge is -2.26. The summed E-state index contributed by atoms with van der Waals surface area (Å²) in [6.45, 7) is 2.77. The van der Waals surface area contributed by atoms with Crippen LogP contribution in [0.15, 0.2) is 24.3 Å². The van der Waals surface area contributed by atoms with Gasteiger partial charge in [0.05, 0.1) is 13.2 Å². The van der Waals surface area contributed by atoms with Crippen LogP contribution in [-0.4, -0.2) is 60.4 Å². The molecule has 3 aliphatic rings. The molecule has 1 saturated carbocycles. The summed E-state index contributed by atoms with van der Waals surface area (Å²) in [6, 6.07) is 6.73. The number of benzene rings is 1. The lowest BCUT2D eigenvalue weighted by Crippen LogP contribution is -2.34. The van der Waals surface area contributed by atoms with E-state index in [0.29, 0.717) is 31.2 Å². The third-order valence-corrected chi connectivity index (χ3v) is 7.80. The molecule has 2 aromatic rings. The minimum Gasteiger partial charge on any atom is -0.493 e. The highest BCUT2D eigenvalue weighted by atomic mass is 19.1. The monoisotopic (exact) mass is 511 g/mol. The van der Waals surface area contributed by atoms with Crippen molar-refractivity contribution in [1.29, 1.82) is 0 Å². The summed E-state index contributed by atoms with van der Waals surface area (Å²) in [6.07, 6.45) is 9.12. The molecule has 0 bridgehead atoms. The fourth-order valence-corrected chi connectivity index (χ4v) is 5.66. The Morgan fingerprint density at radius 3 is 2.89 bits per heavy atom. The van der Waals surface area contributed by atoms with E-state index in [1.165, 1.54) is 25.2 Å². The number of likely N-dealkylation sites (tertiary alicyclic amines) is 1. The van der Waals surface area contributed by atoms with Gasteiger partial charge in [-0.25, -0.2) is 9.37 Å². The molecule has 1 aromatic carbocycles. The predicted octanol–water partition coefficient (Wildman–Crippen LogP) is 5.09. The number of ether oxygens (including phenoxy) is 2. The summed E-state index contributed by atoms with van der Waals surface area (Å²) in [4.78, 5) is 19.0. The van der Waals surface area contributed by atoms with Crippen molar-refractivity contribution >= 4 is 11.8 Å². The van der Waals surface area contributed by atoms with Gasteiger partial charge in [-0.05, 0) is 86.6 Å². The number of carbonyl (C=O) groups is 1. The molecule has 2 N–H and O–H groups in total. The molecule has 2 fully saturated rings. The zero-order valence-electron chi connectivity index (χ0n) is 21.7. The van der Waals surface area contributed by atoms with Crippen LogP contribution in [0, 0.1) is 5.82 Å². The van der Waals surface area contributed by atoms with Crippen molar-refractivity contribution in [3.8, 4) is 5.75 Å². The summed E-state index contributed by atoms with van der Waals surface area (Å²) in [5.41, 5.74) is 3.73. The number of nitrogens with one attached hydrogen (secondary N) is 1. The topological polar surface area (TPSA) is 83.9 Å². The van der Waals surface area contributed by atoms with Crippen LogP contribution in [-0.2, 0) is 22.4 Å². The summed E-state index contributed by atoms with van der Waals surface area (Å²) < 4.78 is 26.2. The van der Waals surface area contributed by atoms with E-state index in [1.54, 1.807) is 0 Å². The largest absolute Gasteiger partial charge is 0.493 e. The number of rotatable bonds is 12. The molecular weight excluding hydrogens is 473 g/mol. The smallest absolute Gasteiger partial charge is 0.325 e. The van der Waals surface area contributed by atoms with Gasteiger partial charge in [-0.2, -0.15) is 0 Å². The third-order valence-electron chi connectivity index (χ3n) is 7.80. The number of aliphatic carboxylic acids is 1. The molecule has 5 rings (SSSR count). The minimum atomic E-state index is -0.989. The second-order valence-corrected chi connectivity index (χ2v) is 10.6. The molecule has 3 heterocycles. The van der Waals surface area contributed by atoms with Crippen LogP contribution >= 0.6 is 0 Å². The summed E-state index contributed by atoms with van der Waals surface area (Å²) >= 11 is 0. The number of halogens is 1. The van der Waals surface area contributed by atoms with Gasteiger partial charge in [-0.3, -0.25) is 9.69 Å². The van der Waals surface area contributed by atoms with Crippen LogP contribution in [0.5, 0.6) is 5.75 Å². The standard InChI is InChI=1S/C29H38FN3O4/c1-36-27-24(16-21(17-25(27)30)19-8-9-19)26(29(34)35)33-14-12-23(18-33)37-15-4-2-3-7-22-11-10-20-6-5-13-31-28(20)32-22/h10-11,16-17,19,23,26H,2-9,12-15,18H2,1H3,(H,31,32)(H,34,35)/t23-,26+/m1/s1. The number of hydrogen-bond acceptors (Lipinski definition) is 6. The number of aromatic nitrogens is 1. The van der Waals surface area contributed by atoms with E-state index in [-0.39, 0.29) is 11.9 Å². The number of methoxy groups -OCH3 is 1. The van der Waals surface area contributed by atoms with E-state index in [4.69, 9.17) is 14.5 Å². The van der Waals surface area contributed by atoms with Gasteiger partial charge in [0.25, 0.3) is 0 Å². The van der Waals surface area contributed by atoms with Crippen molar-refractivity contribution in [3.05, 3.63) is 52.5 Å². The molecule has 8 heteroatoms. The van der Waals surface area contributed by atoms with Crippen LogP contribution in [0.3, 0.4) is 0 Å². The average molecular weight is 512 g/mol. The Balaban J connectivity index is 1.09. The number of carboxylic acid groups (broad SMARTS) is 1. The zero-order valence-corrected chi connectivity index (χ0v) is 21.7. The van der Waals surface area contributed by atoms with Crippen LogP contribution in [0.2, 0.25) is 0 Å². The molecule has 0 unspecified atom stereocenters. The van der Waals surface area contributed by atoms with Gasteiger partial charge in [0.2, 0.25) is 0 Å². The molecule has 0 spiro atoms. The van der Waals surface area contributed by atoms with Crippen molar-refractivity contribution in [2.75, 3.05) is 38.7 Å². The van der Waals surface area contributed by atoms with E-state index in [2.05, 4.69) is 17.4 Å². The average Bonchev–Trinajstić information content (AvgIpc) is 3.65. The fraction of sp³-hybridized carbons (Fsp3) is 0.586. The highest BCUT2D eigenvalue weighted by Crippen LogP contribution is 2.44. The number of carboxylic acids is 1. The van der Waals surface area contributed by atoms with Gasteiger partial charge in [-0.15, -0.1) is 0 Å². The molecule has 0 amide bonds. The van der Waals surface area contributed by atoms with Gasteiger partial charge >= 0.3 is 5.97 Å². The molecule has 0 radical (unpaired) electrons. The van der Waals surface area contributed by atoms with Gasteiger partial charge in [0.1, 0.15) is 11.9 Å². The summed E-state index contributed by atoms with van der Waals surface area (Å²) in [5, 5.41) is 13.5. The van der Waals surface area contributed by atoms with E-state index in [0.717, 1.165) is 75.0 Å². The van der Waals surface area contributed by atoms with Gasteiger partial charge in [-0.1, -0.05) is 12.5 Å². The molecule has 1 aromatic heterocycles. The van der Waals surface area contributed by atoms with Crippen molar-refractivity contribution < 1.29 is 23.8 Å². The number of aryl methyl sites for hydroxylation is 2. The van der Waals surface area contributed by atoms with Crippen molar-refractivity contribution in [2.45, 2.75) is 75.9 Å². The number of fused-ring (bicyclic) bond motifs is 1. The molecule has 2 aliphatic heterocycles. The zero-order chi connectivity index (χ0) is 25.8.